The molecule has 2 heterocycles. The first-order chi connectivity index (χ1) is 14.6. The normalized spacial score (nSPS) is 13.3. The summed E-state index contributed by atoms with van der Waals surface area (Å²) in [6, 6.07) is 11.2. The maximum Gasteiger partial charge on any atom is 0.246 e. The zero-order chi connectivity index (χ0) is 22.3. The molecule has 1 aliphatic heterocycles. The second-order valence-corrected chi connectivity index (χ2v) is 8.62. The van der Waals surface area contributed by atoms with Crippen LogP contribution in [0, 0.1) is 5.82 Å². The van der Waals surface area contributed by atoms with Crippen molar-refractivity contribution in [1.29, 1.82) is 0 Å². The molecule has 3 aromatic rings. The van der Waals surface area contributed by atoms with E-state index in [1.165, 1.54) is 17.0 Å². The molecule has 0 radical (unpaired) electrons. The van der Waals surface area contributed by atoms with Crippen LogP contribution in [-0.4, -0.2) is 25.9 Å². The molecule has 1 aromatic heterocycles. The molecule has 160 valence electrons. The van der Waals surface area contributed by atoms with Gasteiger partial charge < -0.3 is 16.0 Å². The first-order valence-electron chi connectivity index (χ1n) is 9.51. The van der Waals surface area contributed by atoms with Crippen LogP contribution in [0.25, 0.3) is 17.5 Å². The average molecular weight is 460 g/mol. The number of carbonyl (C=O) groups is 1. The molecule has 0 aliphatic carbocycles. The topological polar surface area (TPSA) is 76.2 Å². The quantitative estimate of drug-likeness (QED) is 0.558. The summed E-state index contributed by atoms with van der Waals surface area (Å²) in [5, 5.41) is 4.17. The van der Waals surface area contributed by atoms with Gasteiger partial charge in [-0.05, 0) is 56.3 Å². The number of nitrogens with two attached hydrogens (primary N) is 1. The molecule has 1 amide bonds. The van der Waals surface area contributed by atoms with Crippen molar-refractivity contribution in [2.75, 3.05) is 5.32 Å². The lowest BCUT2D eigenvalue weighted by Crippen LogP contribution is -2.49. The summed E-state index contributed by atoms with van der Waals surface area (Å²) in [6.45, 7) is 3.56. The number of nitrogens with zero attached hydrogens (tertiary/aromatic N) is 3. The van der Waals surface area contributed by atoms with E-state index in [0.29, 0.717) is 33.1 Å². The average Bonchev–Trinajstić information content (AvgIpc) is 3.07. The lowest BCUT2D eigenvalue weighted by Gasteiger charge is -2.28. The maximum absolute atomic E-state index is 13.5. The van der Waals surface area contributed by atoms with E-state index in [4.69, 9.17) is 33.9 Å². The fourth-order valence-corrected chi connectivity index (χ4v) is 3.55. The monoisotopic (exact) mass is 459 g/mol. The number of hydrogen-bond donors (Lipinski definition) is 2. The first kappa shape index (κ1) is 21.4. The number of benzene rings is 2. The fraction of sp³-hybridized carbons (Fsp3) is 0.182. The molecule has 1 aliphatic rings. The van der Waals surface area contributed by atoms with Gasteiger partial charge in [0.05, 0.1) is 22.1 Å². The fourth-order valence-electron chi connectivity index (χ4n) is 3.25. The van der Waals surface area contributed by atoms with E-state index in [2.05, 4.69) is 5.32 Å². The van der Waals surface area contributed by atoms with Crippen LogP contribution in [0.5, 0.6) is 0 Å². The van der Waals surface area contributed by atoms with Crippen molar-refractivity contribution < 1.29 is 9.18 Å². The van der Waals surface area contributed by atoms with Crippen LogP contribution in [0.15, 0.2) is 48.7 Å². The lowest BCUT2D eigenvalue weighted by atomic mass is 10.1. The second kappa shape index (κ2) is 8.00. The smallest absolute Gasteiger partial charge is 0.246 e. The molecule has 0 unspecified atom stereocenters. The molecule has 9 heteroatoms. The third-order valence-corrected chi connectivity index (χ3v) is 5.54. The number of halogens is 3. The Hall–Kier alpha value is -2.87. The Morgan fingerprint density at radius 2 is 1.84 bits per heavy atom. The Bertz CT molecular complexity index is 1180. The van der Waals surface area contributed by atoms with Gasteiger partial charge in [-0.1, -0.05) is 23.2 Å². The predicted octanol–water partition coefficient (Wildman–Crippen LogP) is 5.25. The van der Waals surface area contributed by atoms with Crippen LogP contribution < -0.4 is 11.1 Å². The van der Waals surface area contributed by atoms with Gasteiger partial charge in [0.15, 0.2) is 0 Å². The summed E-state index contributed by atoms with van der Waals surface area (Å²) in [5.74, 6) is 0.714. The molecule has 0 saturated heterocycles. The molecule has 0 atom stereocenters. The number of carbonyl (C=O) groups excluding carboxylic acids is 1. The summed E-state index contributed by atoms with van der Waals surface area (Å²) < 4.78 is 15.3. The van der Waals surface area contributed by atoms with E-state index in [0.717, 1.165) is 5.56 Å². The van der Waals surface area contributed by atoms with E-state index in [9.17, 15) is 9.18 Å². The summed E-state index contributed by atoms with van der Waals surface area (Å²) >= 11 is 12.2. The number of anilines is 2. The van der Waals surface area contributed by atoms with Crippen LogP contribution in [0.1, 0.15) is 19.7 Å². The van der Waals surface area contributed by atoms with E-state index < -0.39 is 5.54 Å². The largest absolute Gasteiger partial charge is 0.339 e. The standard InChI is InChI=1S/C22H20Cl2FN5O/c1-22(2,26)21(31)29-9-10-30-18(12-29)28-19(13-3-5-14(25)6-4-13)20(30)27-15-7-8-16(23)17(24)11-15/h3-11,27H,12,26H2,1-2H3. The van der Waals surface area contributed by atoms with Gasteiger partial charge in [-0.2, -0.15) is 0 Å². The van der Waals surface area contributed by atoms with Gasteiger partial charge in [0.25, 0.3) is 0 Å². The molecule has 6 nitrogen and oxygen atoms in total. The Kier molecular flexibility index (Phi) is 5.51. The Morgan fingerprint density at radius 3 is 2.48 bits per heavy atom. The molecule has 0 fully saturated rings. The van der Waals surface area contributed by atoms with Gasteiger partial charge >= 0.3 is 0 Å². The summed E-state index contributed by atoms with van der Waals surface area (Å²) in [6.07, 6.45) is 3.41. The minimum Gasteiger partial charge on any atom is -0.339 e. The number of amides is 1. The van der Waals surface area contributed by atoms with Gasteiger partial charge in [-0.3, -0.25) is 9.36 Å². The van der Waals surface area contributed by atoms with Crippen LogP contribution >= 0.6 is 23.2 Å². The van der Waals surface area contributed by atoms with Crippen molar-refractivity contribution in [1.82, 2.24) is 14.5 Å². The predicted molar refractivity (Wildman–Crippen MR) is 122 cm³/mol. The highest BCUT2D eigenvalue weighted by atomic mass is 35.5. The zero-order valence-electron chi connectivity index (χ0n) is 16.9. The third-order valence-electron chi connectivity index (χ3n) is 4.80. The molecule has 0 spiro atoms. The van der Waals surface area contributed by atoms with Crippen LogP contribution in [0.2, 0.25) is 10.0 Å². The number of rotatable bonds is 4. The molecule has 31 heavy (non-hydrogen) atoms. The minimum atomic E-state index is -1.01. The maximum atomic E-state index is 13.5. The Morgan fingerprint density at radius 1 is 1.13 bits per heavy atom. The number of nitrogens with one attached hydrogen (secondary N) is 1. The van der Waals surface area contributed by atoms with Gasteiger partial charge in [0.2, 0.25) is 5.91 Å². The summed E-state index contributed by atoms with van der Waals surface area (Å²) in [5.41, 5.74) is 6.99. The zero-order valence-corrected chi connectivity index (χ0v) is 18.4. The number of hydrogen-bond acceptors (Lipinski definition) is 4. The van der Waals surface area contributed by atoms with Gasteiger partial charge in [0, 0.05) is 23.7 Å². The van der Waals surface area contributed by atoms with Crippen LogP contribution in [-0.2, 0) is 11.3 Å². The summed E-state index contributed by atoms with van der Waals surface area (Å²) in [4.78, 5) is 18.9. The second-order valence-electron chi connectivity index (χ2n) is 7.81. The van der Waals surface area contributed by atoms with Crippen molar-refractivity contribution in [2.24, 2.45) is 5.73 Å². The van der Waals surface area contributed by atoms with E-state index in [1.807, 2.05) is 4.57 Å². The number of imidazole rings is 1. The highest BCUT2D eigenvalue weighted by molar-refractivity contribution is 6.42. The number of aromatic nitrogens is 2. The summed E-state index contributed by atoms with van der Waals surface area (Å²) in [7, 11) is 0. The van der Waals surface area contributed by atoms with Crippen molar-refractivity contribution in [2.45, 2.75) is 25.9 Å². The Labute approximate surface area is 189 Å². The van der Waals surface area contributed by atoms with E-state index >= 15 is 0 Å². The van der Waals surface area contributed by atoms with Crippen molar-refractivity contribution in [3.8, 4) is 11.3 Å². The van der Waals surface area contributed by atoms with Crippen LogP contribution in [0.3, 0.4) is 0 Å². The van der Waals surface area contributed by atoms with Gasteiger partial charge in [-0.25, -0.2) is 9.37 Å². The molecule has 0 bridgehead atoms. The lowest BCUT2D eigenvalue weighted by molar-refractivity contribution is -0.133. The molecule has 0 saturated carbocycles. The van der Waals surface area contributed by atoms with E-state index in [1.54, 1.807) is 56.6 Å². The van der Waals surface area contributed by atoms with Crippen molar-refractivity contribution in [3.05, 3.63) is 70.4 Å². The highest BCUT2D eigenvalue weighted by Gasteiger charge is 2.30. The number of fused-ring (bicyclic) bond motifs is 1. The minimum absolute atomic E-state index is 0.222. The third kappa shape index (κ3) is 4.30. The highest BCUT2D eigenvalue weighted by Crippen LogP contribution is 2.35. The molecular weight excluding hydrogens is 440 g/mol. The molecule has 2 aromatic carbocycles. The SMILES string of the molecule is CC(C)(N)C(=O)N1C=Cn2c(nc(-c3ccc(F)cc3)c2Nc2ccc(Cl)c(Cl)c2)C1. The van der Waals surface area contributed by atoms with Gasteiger partial charge in [-0.15, -0.1) is 0 Å². The Balaban J connectivity index is 1.78. The molecular formula is C22H20Cl2FN5O. The van der Waals surface area contributed by atoms with Crippen molar-refractivity contribution >= 4 is 46.8 Å². The van der Waals surface area contributed by atoms with Crippen molar-refractivity contribution in [3.63, 3.8) is 0 Å². The van der Waals surface area contributed by atoms with Gasteiger partial charge in [0.1, 0.15) is 23.2 Å². The molecule has 3 N–H and O–H groups in total. The first-order valence-corrected chi connectivity index (χ1v) is 10.3. The van der Waals surface area contributed by atoms with E-state index in [-0.39, 0.29) is 18.3 Å². The van der Waals surface area contributed by atoms with Crippen LogP contribution in [0.4, 0.5) is 15.9 Å². The molecule has 4 rings (SSSR count).